The van der Waals surface area contributed by atoms with E-state index in [1.165, 1.54) is 0 Å². The van der Waals surface area contributed by atoms with E-state index >= 15 is 0 Å². The fraction of sp³-hybridized carbons (Fsp3) is 0.562. The molecule has 3 N–H and O–H groups in total. The average molecular weight is 361 g/mol. The molecule has 0 radical (unpaired) electrons. The van der Waals surface area contributed by atoms with Gasteiger partial charge in [-0.1, -0.05) is 43.1 Å². The molecule has 1 rings (SSSR count). The van der Waals surface area contributed by atoms with Gasteiger partial charge in [0.25, 0.3) is 0 Å². The van der Waals surface area contributed by atoms with Gasteiger partial charge >= 0.3 is 5.97 Å². The van der Waals surface area contributed by atoms with Crippen LogP contribution in [0.25, 0.3) is 0 Å². The molecule has 1 aromatic rings. The number of hydrogen-bond donors (Lipinski definition) is 2. The van der Waals surface area contributed by atoms with Crippen molar-refractivity contribution in [3.05, 3.63) is 34.9 Å². The Morgan fingerprint density at radius 2 is 2.09 bits per heavy atom. The van der Waals surface area contributed by atoms with Crippen LogP contribution in [0.15, 0.2) is 24.3 Å². The van der Waals surface area contributed by atoms with E-state index in [1.54, 1.807) is 6.07 Å². The van der Waals surface area contributed by atoms with Gasteiger partial charge in [0, 0.05) is 26.3 Å². The molecule has 1 unspecified atom stereocenters. The summed E-state index contributed by atoms with van der Waals surface area (Å²) in [6.45, 7) is 2.35. The van der Waals surface area contributed by atoms with Crippen LogP contribution in [0.5, 0.6) is 0 Å². The number of unbranched alkanes of at least 4 members (excludes halogenated alkanes) is 1. The van der Waals surface area contributed by atoms with Gasteiger partial charge in [-0.2, -0.15) is 0 Å². The van der Waals surface area contributed by atoms with Crippen molar-refractivity contribution >= 4 is 27.3 Å². The van der Waals surface area contributed by atoms with Gasteiger partial charge in [0.1, 0.15) is 6.04 Å². The number of aryl methyl sites for hydroxylation is 1. The van der Waals surface area contributed by atoms with Crippen LogP contribution in [0.4, 0.5) is 0 Å². The molecule has 0 aliphatic heterocycles. The maximum absolute atomic E-state index is 12.3. The molecule has 23 heavy (non-hydrogen) atoms. The summed E-state index contributed by atoms with van der Waals surface area (Å²) < 4.78 is 25.2. The van der Waals surface area contributed by atoms with Crippen LogP contribution in [0.1, 0.15) is 31.7 Å². The standard InChI is InChI=1S/C16H25ClN2O3S/c1-2-3-10-22-16(20)15(18)9-12-23(19,21)11-8-13-6-4-5-7-14(13)17/h4-7,15,19H,2-3,8-12,18H2,1H3/t15-,23?/m0/s1. The minimum Gasteiger partial charge on any atom is -0.465 e. The van der Waals surface area contributed by atoms with Gasteiger partial charge in [-0.05, 0) is 30.9 Å². The summed E-state index contributed by atoms with van der Waals surface area (Å²) in [6, 6.07) is 6.49. The van der Waals surface area contributed by atoms with E-state index in [-0.39, 0.29) is 17.9 Å². The molecule has 0 saturated carbocycles. The number of carbonyl (C=O) groups is 1. The number of halogens is 1. The van der Waals surface area contributed by atoms with E-state index < -0.39 is 21.7 Å². The Balaban J connectivity index is 2.40. The molecular weight excluding hydrogens is 336 g/mol. The molecular formula is C16H25ClN2O3S. The molecule has 0 heterocycles. The SMILES string of the molecule is CCCCOC(=O)[C@@H](N)CCS(=N)(=O)CCc1ccccc1Cl. The predicted molar refractivity (Wildman–Crippen MR) is 94.2 cm³/mol. The number of hydrogen-bond acceptors (Lipinski definition) is 5. The molecule has 0 bridgehead atoms. The first-order valence-electron chi connectivity index (χ1n) is 7.75. The molecule has 0 aliphatic carbocycles. The zero-order valence-corrected chi connectivity index (χ0v) is 15.0. The Morgan fingerprint density at radius 1 is 1.39 bits per heavy atom. The van der Waals surface area contributed by atoms with Crippen LogP contribution in [0, 0.1) is 4.78 Å². The van der Waals surface area contributed by atoms with Crippen molar-refractivity contribution in [2.24, 2.45) is 5.73 Å². The number of benzene rings is 1. The first-order valence-corrected chi connectivity index (χ1v) is 10.0. The van der Waals surface area contributed by atoms with E-state index in [9.17, 15) is 9.00 Å². The minimum atomic E-state index is -2.80. The van der Waals surface area contributed by atoms with Gasteiger partial charge in [-0.15, -0.1) is 0 Å². The van der Waals surface area contributed by atoms with Crippen LogP contribution in [0.3, 0.4) is 0 Å². The molecule has 0 fully saturated rings. The van der Waals surface area contributed by atoms with Crippen molar-refractivity contribution in [2.45, 2.75) is 38.6 Å². The molecule has 0 amide bonds. The average Bonchev–Trinajstić information content (AvgIpc) is 2.52. The fourth-order valence-electron chi connectivity index (χ4n) is 1.94. The van der Waals surface area contributed by atoms with Gasteiger partial charge in [0.2, 0.25) is 0 Å². The predicted octanol–water partition coefficient (Wildman–Crippen LogP) is 2.99. The van der Waals surface area contributed by atoms with Crippen LogP contribution >= 0.6 is 11.6 Å². The van der Waals surface area contributed by atoms with Crippen molar-refractivity contribution in [3.8, 4) is 0 Å². The van der Waals surface area contributed by atoms with Gasteiger partial charge in [0.15, 0.2) is 0 Å². The van der Waals surface area contributed by atoms with E-state index in [0.717, 1.165) is 18.4 Å². The highest BCUT2D eigenvalue weighted by Crippen LogP contribution is 2.16. The first kappa shape index (κ1) is 19.9. The first-order chi connectivity index (χ1) is 10.9. The fourth-order valence-corrected chi connectivity index (χ4v) is 3.56. The van der Waals surface area contributed by atoms with E-state index in [1.807, 2.05) is 25.1 Å². The number of ether oxygens (including phenoxy) is 1. The molecule has 0 spiro atoms. The van der Waals surface area contributed by atoms with E-state index in [4.69, 9.17) is 26.9 Å². The monoisotopic (exact) mass is 360 g/mol. The number of carbonyl (C=O) groups excluding carboxylic acids is 1. The highest BCUT2D eigenvalue weighted by Gasteiger charge is 2.18. The van der Waals surface area contributed by atoms with Crippen LogP contribution < -0.4 is 5.73 Å². The lowest BCUT2D eigenvalue weighted by Crippen LogP contribution is -2.34. The molecule has 5 nitrogen and oxygen atoms in total. The second-order valence-corrected chi connectivity index (χ2v) is 8.33. The Kier molecular flexibility index (Phi) is 8.58. The lowest BCUT2D eigenvalue weighted by Gasteiger charge is -2.13. The van der Waals surface area contributed by atoms with Gasteiger partial charge in [-0.3, -0.25) is 9.57 Å². The Morgan fingerprint density at radius 3 is 2.74 bits per heavy atom. The topological polar surface area (TPSA) is 93.2 Å². The summed E-state index contributed by atoms with van der Waals surface area (Å²) in [7, 11) is -2.80. The lowest BCUT2D eigenvalue weighted by molar-refractivity contribution is -0.145. The normalized spacial score (nSPS) is 14.9. The zero-order valence-electron chi connectivity index (χ0n) is 13.4. The highest BCUT2D eigenvalue weighted by molar-refractivity contribution is 7.92. The number of nitrogens with one attached hydrogen (secondary N) is 1. The highest BCUT2D eigenvalue weighted by atomic mass is 35.5. The molecule has 1 aromatic carbocycles. The van der Waals surface area contributed by atoms with E-state index in [0.29, 0.717) is 18.1 Å². The van der Waals surface area contributed by atoms with Crippen molar-refractivity contribution in [1.82, 2.24) is 0 Å². The third-order valence-corrected chi connectivity index (χ3v) is 5.59. The minimum absolute atomic E-state index is 0.0848. The smallest absolute Gasteiger partial charge is 0.322 e. The zero-order chi connectivity index (χ0) is 17.3. The molecule has 0 aromatic heterocycles. The van der Waals surface area contributed by atoms with Gasteiger partial charge < -0.3 is 10.5 Å². The van der Waals surface area contributed by atoms with E-state index in [2.05, 4.69) is 0 Å². The van der Waals surface area contributed by atoms with Crippen molar-refractivity contribution in [1.29, 1.82) is 4.78 Å². The summed E-state index contributed by atoms with van der Waals surface area (Å²) >= 11 is 6.05. The van der Waals surface area contributed by atoms with Gasteiger partial charge in [0.05, 0.1) is 6.61 Å². The van der Waals surface area contributed by atoms with Crippen molar-refractivity contribution < 1.29 is 13.7 Å². The Hall–Kier alpha value is -1.11. The van der Waals surface area contributed by atoms with Gasteiger partial charge in [-0.25, -0.2) is 4.21 Å². The second kappa shape index (κ2) is 9.90. The lowest BCUT2D eigenvalue weighted by atomic mass is 10.2. The molecule has 7 heteroatoms. The third kappa shape index (κ3) is 7.81. The molecule has 0 saturated heterocycles. The maximum Gasteiger partial charge on any atom is 0.322 e. The van der Waals surface area contributed by atoms with Crippen LogP contribution in [-0.2, 0) is 25.7 Å². The summed E-state index contributed by atoms with van der Waals surface area (Å²) in [4.78, 5) is 11.6. The Labute approximate surface area is 143 Å². The van der Waals surface area contributed by atoms with Crippen molar-refractivity contribution in [3.63, 3.8) is 0 Å². The maximum atomic E-state index is 12.3. The van der Waals surface area contributed by atoms with Crippen LogP contribution in [0.2, 0.25) is 5.02 Å². The number of rotatable bonds is 10. The van der Waals surface area contributed by atoms with Crippen LogP contribution in [-0.4, -0.2) is 34.3 Å². The summed E-state index contributed by atoms with van der Waals surface area (Å²) in [5.74, 6) is -0.199. The quantitative estimate of drug-likeness (QED) is 0.495. The summed E-state index contributed by atoms with van der Waals surface area (Å²) in [6.07, 6.45) is 2.39. The molecule has 0 aliphatic rings. The number of esters is 1. The third-order valence-electron chi connectivity index (χ3n) is 3.46. The largest absolute Gasteiger partial charge is 0.465 e. The Bertz CT molecular complexity index is 605. The molecule has 2 atom stereocenters. The van der Waals surface area contributed by atoms with Crippen molar-refractivity contribution in [2.75, 3.05) is 18.1 Å². The molecule has 130 valence electrons. The number of nitrogens with two attached hydrogens (primary N) is 1. The second-order valence-electron chi connectivity index (χ2n) is 5.48. The summed E-state index contributed by atoms with van der Waals surface area (Å²) in [5.41, 5.74) is 6.61. The summed E-state index contributed by atoms with van der Waals surface area (Å²) in [5, 5.41) is 0.610.